The molecule has 0 atom stereocenters. The Hall–Kier alpha value is -1.45. The summed E-state index contributed by atoms with van der Waals surface area (Å²) in [5.41, 5.74) is 1.35. The number of nitrogens with zero attached hydrogens (tertiary/aromatic N) is 2. The lowest BCUT2D eigenvalue weighted by atomic mass is 9.88. The zero-order chi connectivity index (χ0) is 13.9. The molecule has 0 unspecified atom stereocenters. The Bertz CT molecular complexity index is 439. The van der Waals surface area contributed by atoms with Gasteiger partial charge in [-0.1, -0.05) is 27.7 Å². The molecule has 0 radical (unpaired) electrons. The molecule has 0 aliphatic rings. The van der Waals surface area contributed by atoms with Gasteiger partial charge in [-0.3, -0.25) is 4.79 Å². The molecule has 18 heavy (non-hydrogen) atoms. The summed E-state index contributed by atoms with van der Waals surface area (Å²) in [4.78, 5) is 19.8. The number of rotatable bonds is 5. The van der Waals surface area contributed by atoms with Crippen molar-refractivity contribution in [3.8, 4) is 0 Å². The molecule has 0 aromatic carbocycles. The van der Waals surface area contributed by atoms with Gasteiger partial charge in [0.25, 0.3) is 0 Å². The minimum atomic E-state index is -0.824. The van der Waals surface area contributed by atoms with Gasteiger partial charge in [-0.25, -0.2) is 9.97 Å². The van der Waals surface area contributed by atoms with Crippen molar-refractivity contribution in [1.82, 2.24) is 9.97 Å². The second-order valence-electron chi connectivity index (χ2n) is 5.88. The van der Waals surface area contributed by atoms with Gasteiger partial charge in [0.05, 0.1) is 6.42 Å². The summed E-state index contributed by atoms with van der Waals surface area (Å²) in [6.07, 6.45) is 0.928. The van der Waals surface area contributed by atoms with Crippen LogP contribution >= 0.6 is 0 Å². The van der Waals surface area contributed by atoms with Gasteiger partial charge in [0.15, 0.2) is 0 Å². The van der Waals surface area contributed by atoms with E-state index < -0.39 is 11.4 Å². The first kappa shape index (κ1) is 14.6. The molecule has 1 heterocycles. The number of aliphatic carboxylic acids is 1. The van der Waals surface area contributed by atoms with Gasteiger partial charge in [0, 0.05) is 16.8 Å². The number of aromatic nitrogens is 2. The molecule has 1 N–H and O–H groups in total. The molecular formula is C14H22N2O2. The summed E-state index contributed by atoms with van der Waals surface area (Å²) in [5.74, 6) is 0.325. The van der Waals surface area contributed by atoms with Gasteiger partial charge in [0.1, 0.15) is 5.82 Å². The minimum Gasteiger partial charge on any atom is -0.481 e. The van der Waals surface area contributed by atoms with Crippen molar-refractivity contribution in [2.45, 2.75) is 52.9 Å². The van der Waals surface area contributed by atoms with Gasteiger partial charge in [0.2, 0.25) is 0 Å². The van der Waals surface area contributed by atoms with Crippen LogP contribution in [0.15, 0.2) is 6.07 Å². The number of hydrogen-bond donors (Lipinski definition) is 1. The largest absolute Gasteiger partial charge is 0.481 e. The van der Waals surface area contributed by atoms with E-state index in [2.05, 4.69) is 23.8 Å². The number of carbonyl (C=O) groups is 1. The van der Waals surface area contributed by atoms with E-state index in [1.54, 1.807) is 0 Å². The first-order valence-corrected chi connectivity index (χ1v) is 6.27. The predicted molar refractivity (Wildman–Crippen MR) is 70.6 cm³/mol. The van der Waals surface area contributed by atoms with E-state index in [9.17, 15) is 4.79 Å². The van der Waals surface area contributed by atoms with Crippen LogP contribution in [0.2, 0.25) is 0 Å². The van der Waals surface area contributed by atoms with Crippen molar-refractivity contribution >= 4 is 5.97 Å². The molecule has 100 valence electrons. The molecule has 0 spiro atoms. The van der Waals surface area contributed by atoms with Gasteiger partial charge in [-0.15, -0.1) is 0 Å². The lowest BCUT2D eigenvalue weighted by Crippen LogP contribution is -2.25. The van der Waals surface area contributed by atoms with Crippen molar-refractivity contribution in [3.05, 3.63) is 23.3 Å². The van der Waals surface area contributed by atoms with Crippen LogP contribution in [0.25, 0.3) is 0 Å². The summed E-state index contributed by atoms with van der Waals surface area (Å²) in [6.45, 7) is 9.94. The van der Waals surface area contributed by atoms with Crippen LogP contribution < -0.4 is 0 Å². The summed E-state index contributed by atoms with van der Waals surface area (Å²) in [6, 6.07) is 1.97. The van der Waals surface area contributed by atoms with Gasteiger partial charge < -0.3 is 5.11 Å². The second kappa shape index (κ2) is 5.46. The molecule has 0 amide bonds. The fourth-order valence-corrected chi connectivity index (χ4v) is 1.92. The van der Waals surface area contributed by atoms with Gasteiger partial charge in [-0.05, 0) is 25.3 Å². The van der Waals surface area contributed by atoms with E-state index in [1.165, 1.54) is 0 Å². The van der Waals surface area contributed by atoms with Crippen LogP contribution in [-0.2, 0) is 16.6 Å². The van der Waals surface area contributed by atoms with Crippen LogP contribution in [0.3, 0.4) is 0 Å². The maximum Gasteiger partial charge on any atom is 0.304 e. The Labute approximate surface area is 108 Å². The van der Waals surface area contributed by atoms with Gasteiger partial charge >= 0.3 is 5.97 Å². The molecule has 0 fully saturated rings. The van der Waals surface area contributed by atoms with E-state index in [1.807, 2.05) is 26.8 Å². The molecule has 0 aliphatic carbocycles. The molecule has 1 aromatic heterocycles. The maximum absolute atomic E-state index is 10.9. The van der Waals surface area contributed by atoms with Crippen LogP contribution in [0.4, 0.5) is 0 Å². The van der Waals surface area contributed by atoms with Crippen LogP contribution in [0, 0.1) is 12.8 Å². The number of aryl methyl sites for hydroxylation is 1. The SMILES string of the molecule is Cc1cc(CC(C)C)nc(C(C)(C)CC(=O)O)n1. The molecule has 0 saturated carbocycles. The zero-order valence-corrected chi connectivity index (χ0v) is 11.8. The normalized spacial score (nSPS) is 11.9. The highest BCUT2D eigenvalue weighted by Crippen LogP contribution is 2.24. The Morgan fingerprint density at radius 1 is 1.39 bits per heavy atom. The Balaban J connectivity index is 3.08. The molecular weight excluding hydrogens is 228 g/mol. The summed E-state index contributed by atoms with van der Waals surface area (Å²) >= 11 is 0. The molecule has 1 rings (SSSR count). The number of hydrogen-bond acceptors (Lipinski definition) is 3. The Kier molecular flexibility index (Phi) is 4.43. The second-order valence-corrected chi connectivity index (χ2v) is 5.88. The fourth-order valence-electron chi connectivity index (χ4n) is 1.92. The molecule has 0 aliphatic heterocycles. The highest BCUT2D eigenvalue weighted by Gasteiger charge is 2.27. The average molecular weight is 250 g/mol. The van der Waals surface area contributed by atoms with E-state index in [4.69, 9.17) is 5.11 Å². The van der Waals surface area contributed by atoms with E-state index in [0.29, 0.717) is 11.7 Å². The lowest BCUT2D eigenvalue weighted by molar-refractivity contribution is -0.138. The van der Waals surface area contributed by atoms with E-state index in [0.717, 1.165) is 17.8 Å². The van der Waals surface area contributed by atoms with Crippen molar-refractivity contribution in [2.75, 3.05) is 0 Å². The Morgan fingerprint density at radius 2 is 2.00 bits per heavy atom. The van der Waals surface area contributed by atoms with Crippen LogP contribution in [0.5, 0.6) is 0 Å². The third-order valence-electron chi connectivity index (χ3n) is 2.72. The number of carboxylic acids is 1. The smallest absolute Gasteiger partial charge is 0.304 e. The van der Waals surface area contributed by atoms with Crippen LogP contribution in [-0.4, -0.2) is 21.0 Å². The molecule has 1 aromatic rings. The average Bonchev–Trinajstić information content (AvgIpc) is 2.12. The summed E-state index contributed by atoms with van der Waals surface area (Å²) in [5, 5.41) is 8.94. The standard InChI is InChI=1S/C14H22N2O2/c1-9(2)6-11-7-10(3)15-13(16-11)14(4,5)8-12(17)18/h7,9H,6,8H2,1-5H3,(H,17,18). The van der Waals surface area contributed by atoms with Crippen molar-refractivity contribution < 1.29 is 9.90 Å². The molecule has 0 saturated heterocycles. The predicted octanol–water partition coefficient (Wildman–Crippen LogP) is 2.74. The van der Waals surface area contributed by atoms with Crippen LogP contribution in [0.1, 0.15) is 51.3 Å². The molecule has 4 heteroatoms. The topological polar surface area (TPSA) is 63.1 Å². The zero-order valence-electron chi connectivity index (χ0n) is 11.8. The highest BCUT2D eigenvalue weighted by atomic mass is 16.4. The van der Waals surface area contributed by atoms with E-state index in [-0.39, 0.29) is 6.42 Å². The third kappa shape index (κ3) is 4.09. The number of carboxylic acid groups (broad SMARTS) is 1. The van der Waals surface area contributed by atoms with E-state index >= 15 is 0 Å². The first-order chi connectivity index (χ1) is 8.20. The quantitative estimate of drug-likeness (QED) is 0.872. The Morgan fingerprint density at radius 3 is 2.50 bits per heavy atom. The van der Waals surface area contributed by atoms with Crippen molar-refractivity contribution in [3.63, 3.8) is 0 Å². The third-order valence-corrected chi connectivity index (χ3v) is 2.72. The summed E-state index contributed by atoms with van der Waals surface area (Å²) in [7, 11) is 0. The highest BCUT2D eigenvalue weighted by molar-refractivity contribution is 5.68. The maximum atomic E-state index is 10.9. The molecule has 0 bridgehead atoms. The van der Waals surface area contributed by atoms with Gasteiger partial charge in [-0.2, -0.15) is 0 Å². The van der Waals surface area contributed by atoms with Crippen molar-refractivity contribution in [1.29, 1.82) is 0 Å². The lowest BCUT2D eigenvalue weighted by Gasteiger charge is -2.22. The minimum absolute atomic E-state index is 0.0393. The molecule has 4 nitrogen and oxygen atoms in total. The fraction of sp³-hybridized carbons (Fsp3) is 0.643. The first-order valence-electron chi connectivity index (χ1n) is 6.27. The summed E-state index contributed by atoms with van der Waals surface area (Å²) < 4.78 is 0. The van der Waals surface area contributed by atoms with Crippen molar-refractivity contribution in [2.24, 2.45) is 5.92 Å². The monoisotopic (exact) mass is 250 g/mol.